The van der Waals surface area contributed by atoms with Gasteiger partial charge in [-0.3, -0.25) is 4.68 Å². The molecule has 0 bridgehead atoms. The second-order valence-electron chi connectivity index (χ2n) is 4.93. The van der Waals surface area contributed by atoms with Gasteiger partial charge in [-0.15, -0.1) is 0 Å². The van der Waals surface area contributed by atoms with E-state index in [9.17, 15) is 0 Å². The quantitative estimate of drug-likeness (QED) is 0.821. The first-order valence-corrected chi connectivity index (χ1v) is 5.64. The Morgan fingerprint density at radius 3 is 2.94 bits per heavy atom. The zero-order valence-electron chi connectivity index (χ0n) is 10.1. The predicted molar refractivity (Wildman–Crippen MR) is 68.2 cm³/mol. The lowest BCUT2D eigenvalue weighted by Crippen LogP contribution is -2.13. The Morgan fingerprint density at radius 1 is 1.47 bits per heavy atom. The fourth-order valence-electron chi connectivity index (χ4n) is 1.71. The van der Waals surface area contributed by atoms with E-state index in [1.807, 2.05) is 42.9 Å². The number of benzene rings is 1. The van der Waals surface area contributed by atoms with Crippen LogP contribution in [0.4, 0.5) is 5.69 Å². The van der Waals surface area contributed by atoms with E-state index in [-0.39, 0.29) is 5.41 Å². The minimum atomic E-state index is -0.321. The Morgan fingerprint density at radius 2 is 2.24 bits per heavy atom. The smallest absolute Gasteiger partial charge is 0.0702 e. The van der Waals surface area contributed by atoms with E-state index in [0.29, 0.717) is 0 Å². The summed E-state index contributed by atoms with van der Waals surface area (Å²) in [5, 5.41) is 14.4. The highest BCUT2D eigenvalue weighted by Gasteiger charge is 2.17. The molecule has 0 fully saturated rings. The minimum Gasteiger partial charge on any atom is -0.399 e. The summed E-state index contributed by atoms with van der Waals surface area (Å²) >= 11 is 0. The van der Waals surface area contributed by atoms with Crippen molar-refractivity contribution in [3.63, 3.8) is 0 Å². The Hall–Kier alpha value is -2.02. The highest BCUT2D eigenvalue weighted by atomic mass is 15.3. The standard InChI is InChI=1S/C13H16N4/c1-13(2,9-14)5-6-17-12-7-11(15)4-3-10(12)8-16-17/h3-4,7-8H,5-6,15H2,1-2H3. The van der Waals surface area contributed by atoms with Crippen LogP contribution in [-0.2, 0) is 6.54 Å². The van der Waals surface area contributed by atoms with Crippen LogP contribution in [0, 0.1) is 16.7 Å². The first-order valence-electron chi connectivity index (χ1n) is 5.64. The second kappa shape index (κ2) is 4.10. The number of rotatable bonds is 3. The number of aryl methyl sites for hydroxylation is 1. The molecule has 0 atom stereocenters. The highest BCUT2D eigenvalue weighted by Crippen LogP contribution is 2.22. The Balaban J connectivity index is 2.25. The van der Waals surface area contributed by atoms with Gasteiger partial charge in [0.05, 0.1) is 23.2 Å². The van der Waals surface area contributed by atoms with Crippen LogP contribution in [0.2, 0.25) is 0 Å². The zero-order valence-corrected chi connectivity index (χ0v) is 10.1. The maximum Gasteiger partial charge on any atom is 0.0702 e. The van der Waals surface area contributed by atoms with Crippen LogP contribution < -0.4 is 5.73 Å². The lowest BCUT2D eigenvalue weighted by molar-refractivity contribution is 0.404. The SMILES string of the molecule is CC(C)(C#N)CCn1ncc2ccc(N)cc21. The average molecular weight is 228 g/mol. The summed E-state index contributed by atoms with van der Waals surface area (Å²) in [7, 11) is 0. The Kier molecular flexibility index (Phi) is 2.76. The molecule has 0 spiro atoms. The van der Waals surface area contributed by atoms with Crippen molar-refractivity contribution in [3.05, 3.63) is 24.4 Å². The van der Waals surface area contributed by atoms with Gasteiger partial charge in [0.2, 0.25) is 0 Å². The molecule has 1 aromatic heterocycles. The third-order valence-corrected chi connectivity index (χ3v) is 2.92. The van der Waals surface area contributed by atoms with Gasteiger partial charge in [0.15, 0.2) is 0 Å². The first-order chi connectivity index (χ1) is 8.02. The van der Waals surface area contributed by atoms with E-state index in [1.165, 1.54) is 0 Å². The molecule has 17 heavy (non-hydrogen) atoms. The molecule has 0 amide bonds. The third-order valence-electron chi connectivity index (χ3n) is 2.92. The van der Waals surface area contributed by atoms with Crippen LogP contribution in [-0.4, -0.2) is 9.78 Å². The zero-order chi connectivity index (χ0) is 12.5. The molecule has 4 heteroatoms. The van der Waals surface area contributed by atoms with Gasteiger partial charge in [-0.1, -0.05) is 0 Å². The van der Waals surface area contributed by atoms with Crippen molar-refractivity contribution in [1.82, 2.24) is 9.78 Å². The normalized spacial score (nSPS) is 11.6. The van der Waals surface area contributed by atoms with E-state index < -0.39 is 0 Å². The van der Waals surface area contributed by atoms with Gasteiger partial charge in [-0.2, -0.15) is 10.4 Å². The van der Waals surface area contributed by atoms with Crippen LogP contribution in [0.3, 0.4) is 0 Å². The van der Waals surface area contributed by atoms with Crippen molar-refractivity contribution in [2.45, 2.75) is 26.8 Å². The van der Waals surface area contributed by atoms with E-state index >= 15 is 0 Å². The first kappa shape index (κ1) is 11.5. The molecular formula is C13H16N4. The Labute approximate surface area is 101 Å². The molecule has 4 nitrogen and oxygen atoms in total. The van der Waals surface area contributed by atoms with Gasteiger partial charge in [0.25, 0.3) is 0 Å². The molecule has 2 rings (SSSR count). The van der Waals surface area contributed by atoms with Crippen molar-refractivity contribution < 1.29 is 0 Å². The summed E-state index contributed by atoms with van der Waals surface area (Å²) in [6, 6.07) is 8.05. The number of aromatic nitrogens is 2. The largest absolute Gasteiger partial charge is 0.399 e. The molecule has 1 aromatic carbocycles. The second-order valence-corrected chi connectivity index (χ2v) is 4.93. The van der Waals surface area contributed by atoms with Gasteiger partial charge in [0, 0.05) is 17.6 Å². The van der Waals surface area contributed by atoms with E-state index in [2.05, 4.69) is 11.2 Å². The van der Waals surface area contributed by atoms with Crippen molar-refractivity contribution >= 4 is 16.6 Å². The van der Waals surface area contributed by atoms with Crippen LogP contribution in [0.1, 0.15) is 20.3 Å². The molecular weight excluding hydrogens is 212 g/mol. The number of nitrogen functional groups attached to an aromatic ring is 1. The minimum absolute atomic E-state index is 0.321. The third kappa shape index (κ3) is 2.39. The van der Waals surface area contributed by atoms with Gasteiger partial charge in [-0.25, -0.2) is 0 Å². The summed E-state index contributed by atoms with van der Waals surface area (Å²) < 4.78 is 1.91. The molecule has 0 unspecified atom stereocenters. The number of hydrogen-bond donors (Lipinski definition) is 1. The maximum atomic E-state index is 8.98. The molecule has 0 aliphatic heterocycles. The number of fused-ring (bicyclic) bond motifs is 1. The number of hydrogen-bond acceptors (Lipinski definition) is 3. The number of nitrogens with zero attached hydrogens (tertiary/aromatic N) is 3. The monoisotopic (exact) mass is 228 g/mol. The van der Waals surface area contributed by atoms with Crippen LogP contribution >= 0.6 is 0 Å². The molecule has 2 N–H and O–H groups in total. The van der Waals surface area contributed by atoms with E-state index in [4.69, 9.17) is 11.0 Å². The van der Waals surface area contributed by atoms with Crippen LogP contribution in [0.25, 0.3) is 10.9 Å². The van der Waals surface area contributed by atoms with Crippen molar-refractivity contribution in [3.8, 4) is 6.07 Å². The van der Waals surface area contributed by atoms with Gasteiger partial charge in [0.1, 0.15) is 0 Å². The topological polar surface area (TPSA) is 67.6 Å². The van der Waals surface area contributed by atoms with Crippen LogP contribution in [0.15, 0.2) is 24.4 Å². The van der Waals surface area contributed by atoms with Gasteiger partial charge >= 0.3 is 0 Å². The number of anilines is 1. The van der Waals surface area contributed by atoms with E-state index in [1.54, 1.807) is 0 Å². The summed E-state index contributed by atoms with van der Waals surface area (Å²) in [6.07, 6.45) is 2.60. The summed E-state index contributed by atoms with van der Waals surface area (Å²) in [6.45, 7) is 4.60. The van der Waals surface area contributed by atoms with E-state index in [0.717, 1.165) is 29.6 Å². The van der Waals surface area contributed by atoms with Crippen molar-refractivity contribution in [2.24, 2.45) is 5.41 Å². The molecule has 0 radical (unpaired) electrons. The number of nitriles is 1. The van der Waals surface area contributed by atoms with Crippen LogP contribution in [0.5, 0.6) is 0 Å². The number of nitrogens with two attached hydrogens (primary N) is 1. The fraction of sp³-hybridized carbons (Fsp3) is 0.385. The maximum absolute atomic E-state index is 8.98. The summed E-state index contributed by atoms with van der Waals surface area (Å²) in [4.78, 5) is 0. The van der Waals surface area contributed by atoms with Crippen molar-refractivity contribution in [1.29, 1.82) is 5.26 Å². The predicted octanol–water partition coefficient (Wildman–Crippen LogP) is 2.56. The summed E-state index contributed by atoms with van der Waals surface area (Å²) in [5.41, 5.74) is 7.21. The van der Waals surface area contributed by atoms with Gasteiger partial charge < -0.3 is 5.73 Å². The molecule has 0 aliphatic carbocycles. The molecule has 2 aromatic rings. The molecule has 88 valence electrons. The molecule has 0 saturated heterocycles. The lowest BCUT2D eigenvalue weighted by Gasteiger charge is -2.14. The fourth-order valence-corrected chi connectivity index (χ4v) is 1.71. The average Bonchev–Trinajstić information content (AvgIpc) is 2.69. The molecule has 0 aliphatic rings. The molecule has 1 heterocycles. The highest BCUT2D eigenvalue weighted by molar-refractivity contribution is 5.81. The lowest BCUT2D eigenvalue weighted by atomic mass is 9.91. The Bertz CT molecular complexity index is 575. The summed E-state index contributed by atoms with van der Waals surface area (Å²) in [5.74, 6) is 0. The van der Waals surface area contributed by atoms with Gasteiger partial charge in [-0.05, 0) is 38.5 Å². The molecule has 0 saturated carbocycles. The van der Waals surface area contributed by atoms with Crippen molar-refractivity contribution in [2.75, 3.05) is 5.73 Å².